The Kier molecular flexibility index (Phi) is 5.88. The molecule has 1 N–H and O–H groups in total. The molecular formula is C21H21FN2O4S2. The number of nitrogens with one attached hydrogen (secondary N) is 1. The lowest BCUT2D eigenvalue weighted by atomic mass is 10.1. The van der Waals surface area contributed by atoms with Gasteiger partial charge in [-0.15, -0.1) is 11.3 Å². The second kappa shape index (κ2) is 8.43. The zero-order valence-electron chi connectivity index (χ0n) is 16.4. The van der Waals surface area contributed by atoms with Crippen LogP contribution in [0.3, 0.4) is 0 Å². The number of rotatable bonds is 6. The number of hydrogen-bond acceptors (Lipinski definition) is 5. The predicted molar refractivity (Wildman–Crippen MR) is 115 cm³/mol. The fourth-order valence-corrected chi connectivity index (χ4v) is 6.24. The third kappa shape index (κ3) is 3.85. The molecule has 1 amide bonds. The number of carbonyl (C=O) groups excluding carboxylic acids is 1. The Morgan fingerprint density at radius 2 is 1.87 bits per heavy atom. The Morgan fingerprint density at radius 1 is 1.17 bits per heavy atom. The molecule has 6 nitrogen and oxygen atoms in total. The average Bonchev–Trinajstić information content (AvgIpc) is 3.38. The van der Waals surface area contributed by atoms with Gasteiger partial charge in [-0.1, -0.05) is 6.07 Å². The number of methoxy groups -OCH3 is 1. The maximum absolute atomic E-state index is 14.3. The highest BCUT2D eigenvalue weighted by Crippen LogP contribution is 2.34. The van der Waals surface area contributed by atoms with Gasteiger partial charge < -0.3 is 10.1 Å². The van der Waals surface area contributed by atoms with E-state index in [1.807, 2.05) is 0 Å². The van der Waals surface area contributed by atoms with Gasteiger partial charge in [0.15, 0.2) is 0 Å². The third-order valence-electron chi connectivity index (χ3n) is 5.07. The van der Waals surface area contributed by atoms with Crippen LogP contribution in [0.25, 0.3) is 10.1 Å². The molecule has 0 unspecified atom stereocenters. The Hall–Kier alpha value is -2.33. The molecule has 1 aromatic heterocycles. The lowest BCUT2D eigenvalue weighted by Gasteiger charge is -2.15. The van der Waals surface area contributed by atoms with Crippen LogP contribution in [0.5, 0.6) is 0 Å². The number of thiophene rings is 1. The van der Waals surface area contributed by atoms with E-state index in [4.69, 9.17) is 4.74 Å². The average molecular weight is 449 g/mol. The van der Waals surface area contributed by atoms with E-state index in [0.717, 1.165) is 12.8 Å². The van der Waals surface area contributed by atoms with Crippen molar-refractivity contribution in [3.05, 3.63) is 58.7 Å². The van der Waals surface area contributed by atoms with Gasteiger partial charge in [-0.3, -0.25) is 4.79 Å². The molecule has 158 valence electrons. The van der Waals surface area contributed by atoms with E-state index in [-0.39, 0.29) is 11.5 Å². The van der Waals surface area contributed by atoms with Crippen molar-refractivity contribution in [2.45, 2.75) is 24.3 Å². The van der Waals surface area contributed by atoms with E-state index in [1.165, 1.54) is 41.0 Å². The van der Waals surface area contributed by atoms with Crippen LogP contribution in [-0.2, 0) is 21.4 Å². The summed E-state index contributed by atoms with van der Waals surface area (Å²) in [6, 6.07) is 10.8. The molecular weight excluding hydrogens is 427 g/mol. The van der Waals surface area contributed by atoms with Crippen LogP contribution in [0.15, 0.2) is 47.4 Å². The number of hydrogen-bond donors (Lipinski definition) is 1. The summed E-state index contributed by atoms with van der Waals surface area (Å²) in [7, 11) is -2.02. The van der Waals surface area contributed by atoms with Crippen molar-refractivity contribution in [2.24, 2.45) is 0 Å². The summed E-state index contributed by atoms with van der Waals surface area (Å²) in [4.78, 5) is 13.4. The minimum atomic E-state index is -3.51. The van der Waals surface area contributed by atoms with Crippen molar-refractivity contribution in [1.29, 1.82) is 0 Å². The number of halogens is 1. The third-order valence-corrected chi connectivity index (χ3v) is 8.18. The molecule has 3 aromatic rings. The summed E-state index contributed by atoms with van der Waals surface area (Å²) in [5.74, 6) is -0.788. The Balaban J connectivity index is 1.59. The van der Waals surface area contributed by atoms with Gasteiger partial charge in [-0.05, 0) is 49.2 Å². The van der Waals surface area contributed by atoms with Crippen molar-refractivity contribution in [2.75, 3.05) is 25.5 Å². The number of fused-ring (bicyclic) bond motifs is 1. The van der Waals surface area contributed by atoms with Crippen LogP contribution < -0.4 is 5.32 Å². The maximum atomic E-state index is 14.3. The molecule has 1 saturated heterocycles. The quantitative estimate of drug-likeness (QED) is 0.613. The van der Waals surface area contributed by atoms with Gasteiger partial charge in [-0.25, -0.2) is 12.8 Å². The first kappa shape index (κ1) is 20.9. The molecule has 30 heavy (non-hydrogen) atoms. The number of amides is 1. The van der Waals surface area contributed by atoms with Crippen LogP contribution in [0, 0.1) is 5.82 Å². The summed E-state index contributed by atoms with van der Waals surface area (Å²) in [6.45, 7) is 1.17. The fraction of sp³-hybridized carbons (Fsp3) is 0.286. The van der Waals surface area contributed by atoms with Crippen molar-refractivity contribution in [3.63, 3.8) is 0 Å². The summed E-state index contributed by atoms with van der Waals surface area (Å²) < 4.78 is 46.9. The summed E-state index contributed by atoms with van der Waals surface area (Å²) in [5.41, 5.74) is 0.961. The predicted octanol–water partition coefficient (Wildman–Crippen LogP) is 4.22. The van der Waals surface area contributed by atoms with E-state index in [0.29, 0.717) is 39.3 Å². The first-order valence-corrected chi connectivity index (χ1v) is 11.8. The maximum Gasteiger partial charge on any atom is 0.266 e. The van der Waals surface area contributed by atoms with Gasteiger partial charge in [0.2, 0.25) is 10.0 Å². The van der Waals surface area contributed by atoms with Crippen LogP contribution >= 0.6 is 11.3 Å². The Morgan fingerprint density at radius 3 is 2.53 bits per heavy atom. The first-order valence-electron chi connectivity index (χ1n) is 9.52. The van der Waals surface area contributed by atoms with Crippen LogP contribution in [-0.4, -0.2) is 38.8 Å². The topological polar surface area (TPSA) is 75.7 Å². The van der Waals surface area contributed by atoms with Gasteiger partial charge >= 0.3 is 0 Å². The summed E-state index contributed by atoms with van der Waals surface area (Å²) in [5, 5.41) is 3.16. The summed E-state index contributed by atoms with van der Waals surface area (Å²) >= 11 is 1.19. The minimum Gasteiger partial charge on any atom is -0.380 e. The molecule has 0 radical (unpaired) electrons. The normalized spacial score (nSPS) is 15.0. The minimum absolute atomic E-state index is 0.108. The van der Waals surface area contributed by atoms with Gasteiger partial charge in [0.1, 0.15) is 5.82 Å². The van der Waals surface area contributed by atoms with Crippen LogP contribution in [0.1, 0.15) is 28.1 Å². The molecule has 0 saturated carbocycles. The second-order valence-corrected chi connectivity index (χ2v) is 10.0. The standard InChI is InChI=1S/C21H21FN2O4S2/c1-28-13-16-19-17(22)5-4-6-18(19)29-20(16)21(25)23-14-7-9-15(10-8-14)30(26,27)24-11-2-3-12-24/h4-10H,2-3,11-13H2,1H3,(H,23,25). The largest absolute Gasteiger partial charge is 0.380 e. The van der Waals surface area contributed by atoms with E-state index >= 15 is 0 Å². The Labute approximate surface area is 178 Å². The van der Waals surface area contributed by atoms with Crippen LogP contribution in [0.4, 0.5) is 10.1 Å². The smallest absolute Gasteiger partial charge is 0.266 e. The molecule has 1 aliphatic rings. The van der Waals surface area contributed by atoms with Crippen molar-refractivity contribution >= 4 is 43.0 Å². The molecule has 2 aromatic carbocycles. The molecule has 4 rings (SSSR count). The number of carbonyl (C=O) groups is 1. The van der Waals surface area contributed by atoms with Gasteiger partial charge in [0.25, 0.3) is 5.91 Å². The first-order chi connectivity index (χ1) is 14.4. The van der Waals surface area contributed by atoms with E-state index in [1.54, 1.807) is 24.3 Å². The number of anilines is 1. The van der Waals surface area contributed by atoms with Crippen molar-refractivity contribution < 1.29 is 22.3 Å². The lowest BCUT2D eigenvalue weighted by Crippen LogP contribution is -2.27. The van der Waals surface area contributed by atoms with Crippen molar-refractivity contribution in [1.82, 2.24) is 4.31 Å². The molecule has 0 atom stereocenters. The lowest BCUT2D eigenvalue weighted by molar-refractivity contribution is 0.102. The molecule has 0 aliphatic carbocycles. The monoisotopic (exact) mass is 448 g/mol. The van der Waals surface area contributed by atoms with Crippen LogP contribution in [0.2, 0.25) is 0 Å². The zero-order chi connectivity index (χ0) is 21.3. The molecule has 0 spiro atoms. The van der Waals surface area contributed by atoms with Gasteiger partial charge in [0.05, 0.1) is 16.4 Å². The molecule has 9 heteroatoms. The van der Waals surface area contributed by atoms with Gasteiger partial charge in [0, 0.05) is 41.5 Å². The summed E-state index contributed by atoms with van der Waals surface area (Å²) in [6.07, 6.45) is 1.74. The van der Waals surface area contributed by atoms with E-state index < -0.39 is 21.7 Å². The second-order valence-electron chi connectivity index (χ2n) is 7.05. The molecule has 2 heterocycles. The van der Waals surface area contributed by atoms with Gasteiger partial charge in [-0.2, -0.15) is 4.31 Å². The number of ether oxygens (including phenoxy) is 1. The molecule has 1 aliphatic heterocycles. The highest BCUT2D eigenvalue weighted by Gasteiger charge is 2.27. The van der Waals surface area contributed by atoms with Crippen molar-refractivity contribution in [3.8, 4) is 0 Å². The molecule has 0 bridgehead atoms. The van der Waals surface area contributed by atoms with E-state index in [9.17, 15) is 17.6 Å². The van der Waals surface area contributed by atoms with E-state index in [2.05, 4.69) is 5.32 Å². The zero-order valence-corrected chi connectivity index (χ0v) is 18.0. The number of sulfonamides is 1. The molecule has 1 fully saturated rings. The Bertz CT molecular complexity index is 1180. The number of benzene rings is 2. The SMILES string of the molecule is COCc1c(C(=O)Nc2ccc(S(=O)(=O)N3CCCC3)cc2)sc2cccc(F)c12. The number of nitrogens with zero attached hydrogens (tertiary/aromatic N) is 1. The highest BCUT2D eigenvalue weighted by molar-refractivity contribution is 7.89. The fourth-order valence-electron chi connectivity index (χ4n) is 3.61. The highest BCUT2D eigenvalue weighted by atomic mass is 32.2.